The van der Waals surface area contributed by atoms with Gasteiger partial charge in [-0.05, 0) is 57.8 Å². The van der Waals surface area contributed by atoms with Gasteiger partial charge in [-0.3, -0.25) is 4.79 Å². The Bertz CT molecular complexity index is 284. The average molecular weight is 326 g/mol. The summed E-state index contributed by atoms with van der Waals surface area (Å²) in [6, 6.07) is 0. The molecule has 0 aliphatic carbocycles. The van der Waals surface area contributed by atoms with Crippen LogP contribution in [0.4, 0.5) is 0 Å². The van der Waals surface area contributed by atoms with Crippen LogP contribution in [0.1, 0.15) is 25.7 Å². The van der Waals surface area contributed by atoms with Gasteiger partial charge in [0.25, 0.3) is 0 Å². The second-order valence-electron chi connectivity index (χ2n) is 5.98. The second-order valence-corrected chi connectivity index (χ2v) is 5.98. The molecular weight excluding hydrogens is 297 g/mol. The number of rotatable bonds is 4. The summed E-state index contributed by atoms with van der Waals surface area (Å²) in [6.07, 6.45) is 4.47. The van der Waals surface area contributed by atoms with E-state index in [0.29, 0.717) is 11.8 Å². The summed E-state index contributed by atoms with van der Waals surface area (Å²) < 4.78 is 0. The molecule has 4 nitrogen and oxygen atoms in total. The monoisotopic (exact) mass is 325 g/mol. The molecular formula is C14H29Cl2N3O. The molecule has 0 aromatic rings. The van der Waals surface area contributed by atoms with E-state index in [-0.39, 0.29) is 24.8 Å². The molecule has 0 spiro atoms. The highest BCUT2D eigenvalue weighted by Gasteiger charge is 2.26. The van der Waals surface area contributed by atoms with Crippen LogP contribution in [0.2, 0.25) is 0 Å². The third kappa shape index (κ3) is 5.76. The molecule has 1 N–H and O–H groups in total. The molecule has 2 aliphatic rings. The Kier molecular flexibility index (Phi) is 9.81. The molecule has 1 unspecified atom stereocenters. The first-order chi connectivity index (χ1) is 8.69. The van der Waals surface area contributed by atoms with Crippen LogP contribution in [0.15, 0.2) is 0 Å². The fraction of sp³-hybridized carbons (Fsp3) is 0.929. The number of likely N-dealkylation sites (tertiary alicyclic amines) is 2. The van der Waals surface area contributed by atoms with E-state index in [9.17, 15) is 4.79 Å². The zero-order valence-electron chi connectivity index (χ0n) is 12.6. The normalized spacial score (nSPS) is 25.0. The lowest BCUT2D eigenvalue weighted by atomic mass is 9.93. The molecule has 0 bridgehead atoms. The van der Waals surface area contributed by atoms with Gasteiger partial charge in [-0.25, -0.2) is 0 Å². The highest BCUT2D eigenvalue weighted by Crippen LogP contribution is 2.21. The smallest absolute Gasteiger partial charge is 0.222 e. The van der Waals surface area contributed by atoms with Gasteiger partial charge in [-0.2, -0.15) is 0 Å². The number of amides is 1. The number of hydrogen-bond donors (Lipinski definition) is 1. The van der Waals surface area contributed by atoms with E-state index < -0.39 is 0 Å². The van der Waals surface area contributed by atoms with Crippen molar-refractivity contribution in [3.63, 3.8) is 0 Å². The van der Waals surface area contributed by atoms with Crippen molar-refractivity contribution < 1.29 is 4.79 Å². The zero-order valence-corrected chi connectivity index (χ0v) is 14.3. The molecule has 1 amide bonds. The number of carbonyl (C=O) groups is 1. The molecule has 0 aromatic carbocycles. The minimum atomic E-state index is 0. The van der Waals surface area contributed by atoms with E-state index >= 15 is 0 Å². The third-order valence-electron chi connectivity index (χ3n) is 4.44. The lowest BCUT2D eigenvalue weighted by Crippen LogP contribution is -2.44. The van der Waals surface area contributed by atoms with Crippen LogP contribution in [0.25, 0.3) is 0 Å². The van der Waals surface area contributed by atoms with Crippen molar-refractivity contribution in [1.82, 2.24) is 15.1 Å². The van der Waals surface area contributed by atoms with Crippen molar-refractivity contribution >= 4 is 30.7 Å². The third-order valence-corrected chi connectivity index (χ3v) is 4.44. The summed E-state index contributed by atoms with van der Waals surface area (Å²) in [6.45, 7) is 5.77. The summed E-state index contributed by atoms with van der Waals surface area (Å²) in [5, 5.41) is 3.28. The average Bonchev–Trinajstić information content (AvgIpc) is 2.37. The van der Waals surface area contributed by atoms with Gasteiger partial charge in [0.05, 0.1) is 0 Å². The molecule has 2 fully saturated rings. The van der Waals surface area contributed by atoms with Crippen LogP contribution >= 0.6 is 24.8 Å². The first-order valence-electron chi connectivity index (χ1n) is 7.30. The van der Waals surface area contributed by atoms with E-state index in [2.05, 4.69) is 10.2 Å². The van der Waals surface area contributed by atoms with Crippen LogP contribution in [0.3, 0.4) is 0 Å². The molecule has 0 saturated carbocycles. The first kappa shape index (κ1) is 20.0. The number of hydrogen-bond acceptors (Lipinski definition) is 3. The van der Waals surface area contributed by atoms with Gasteiger partial charge in [-0.15, -0.1) is 24.8 Å². The Morgan fingerprint density at radius 1 is 1.15 bits per heavy atom. The van der Waals surface area contributed by atoms with E-state index in [1.165, 1.54) is 32.5 Å². The van der Waals surface area contributed by atoms with Crippen LogP contribution in [-0.4, -0.2) is 62.5 Å². The van der Waals surface area contributed by atoms with Crippen molar-refractivity contribution in [3.05, 3.63) is 0 Å². The van der Waals surface area contributed by atoms with Crippen LogP contribution in [0.5, 0.6) is 0 Å². The van der Waals surface area contributed by atoms with Crippen LogP contribution < -0.4 is 5.32 Å². The Morgan fingerprint density at radius 2 is 1.80 bits per heavy atom. The predicted molar refractivity (Wildman–Crippen MR) is 87.9 cm³/mol. The van der Waals surface area contributed by atoms with E-state index in [1.807, 2.05) is 19.0 Å². The van der Waals surface area contributed by atoms with Crippen molar-refractivity contribution in [1.29, 1.82) is 0 Å². The Balaban J connectivity index is 0.00000180. The number of nitrogens with one attached hydrogen (secondary N) is 1. The topological polar surface area (TPSA) is 35.6 Å². The standard InChI is InChI=1S/C14H27N3O.2ClH/c1-15-9-12-5-7-17(8-6-12)11-13-3-4-14(18)16(2)10-13;;/h12-13,15H,3-11H2,1-2H3;2*1H. The lowest BCUT2D eigenvalue weighted by Gasteiger charge is -2.37. The zero-order chi connectivity index (χ0) is 13.0. The summed E-state index contributed by atoms with van der Waals surface area (Å²) in [5.41, 5.74) is 0. The van der Waals surface area contributed by atoms with Gasteiger partial charge >= 0.3 is 0 Å². The van der Waals surface area contributed by atoms with E-state index in [4.69, 9.17) is 0 Å². The maximum absolute atomic E-state index is 11.5. The molecule has 120 valence electrons. The van der Waals surface area contributed by atoms with Crippen LogP contribution in [0, 0.1) is 11.8 Å². The lowest BCUT2D eigenvalue weighted by molar-refractivity contribution is -0.133. The molecule has 2 saturated heterocycles. The summed E-state index contributed by atoms with van der Waals surface area (Å²) in [4.78, 5) is 16.0. The Labute approximate surface area is 135 Å². The molecule has 2 aliphatic heterocycles. The summed E-state index contributed by atoms with van der Waals surface area (Å²) in [5.74, 6) is 1.87. The van der Waals surface area contributed by atoms with Crippen LogP contribution in [-0.2, 0) is 4.79 Å². The number of halogens is 2. The van der Waals surface area contributed by atoms with Crippen molar-refractivity contribution in [2.75, 3.05) is 46.8 Å². The molecule has 6 heteroatoms. The highest BCUT2D eigenvalue weighted by molar-refractivity contribution is 5.85. The first-order valence-corrected chi connectivity index (χ1v) is 7.30. The molecule has 0 radical (unpaired) electrons. The molecule has 20 heavy (non-hydrogen) atoms. The largest absolute Gasteiger partial charge is 0.345 e. The van der Waals surface area contributed by atoms with Gasteiger partial charge in [-0.1, -0.05) is 0 Å². The van der Waals surface area contributed by atoms with Gasteiger partial charge in [0.15, 0.2) is 0 Å². The van der Waals surface area contributed by atoms with Gasteiger partial charge < -0.3 is 15.1 Å². The maximum atomic E-state index is 11.5. The number of nitrogens with zero attached hydrogens (tertiary/aromatic N) is 2. The van der Waals surface area contributed by atoms with E-state index in [1.54, 1.807) is 0 Å². The quantitative estimate of drug-likeness (QED) is 0.853. The fourth-order valence-electron chi connectivity index (χ4n) is 3.27. The highest BCUT2D eigenvalue weighted by atomic mass is 35.5. The maximum Gasteiger partial charge on any atom is 0.222 e. The second kappa shape index (κ2) is 9.82. The van der Waals surface area contributed by atoms with Gasteiger partial charge in [0, 0.05) is 26.6 Å². The molecule has 1 atom stereocenters. The van der Waals surface area contributed by atoms with Gasteiger partial charge in [0.2, 0.25) is 5.91 Å². The SMILES string of the molecule is CNCC1CCN(CC2CCC(=O)N(C)C2)CC1.Cl.Cl. The van der Waals surface area contributed by atoms with Crippen molar-refractivity contribution in [2.45, 2.75) is 25.7 Å². The number of piperidine rings is 2. The summed E-state index contributed by atoms with van der Waals surface area (Å²) in [7, 11) is 3.98. The molecule has 2 heterocycles. The van der Waals surface area contributed by atoms with Crippen molar-refractivity contribution in [2.24, 2.45) is 11.8 Å². The minimum Gasteiger partial charge on any atom is -0.345 e. The predicted octanol–water partition coefficient (Wildman–Crippen LogP) is 1.63. The van der Waals surface area contributed by atoms with Crippen molar-refractivity contribution in [3.8, 4) is 0 Å². The molecule has 2 rings (SSSR count). The van der Waals surface area contributed by atoms with E-state index in [0.717, 1.165) is 31.8 Å². The van der Waals surface area contributed by atoms with Gasteiger partial charge in [0.1, 0.15) is 0 Å². The Morgan fingerprint density at radius 3 is 2.35 bits per heavy atom. The fourth-order valence-corrected chi connectivity index (χ4v) is 3.27. The number of carbonyl (C=O) groups excluding carboxylic acids is 1. The summed E-state index contributed by atoms with van der Waals surface area (Å²) >= 11 is 0. The molecule has 0 aromatic heterocycles. The minimum absolute atomic E-state index is 0. The Hall–Kier alpha value is -0.0300.